The van der Waals surface area contributed by atoms with Crippen molar-refractivity contribution in [3.8, 4) is 39.7 Å². The zero-order valence-electron chi connectivity index (χ0n) is 13.7. The molecule has 128 valence electrons. The minimum atomic E-state index is 0.172. The lowest BCUT2D eigenvalue weighted by atomic mass is 10.0. The van der Waals surface area contributed by atoms with E-state index in [1.165, 1.54) is 0 Å². The fraction of sp³-hybridized carbons (Fsp3) is 0.167. The largest absolute Gasteiger partial charge is 0.493 e. The van der Waals surface area contributed by atoms with Crippen LogP contribution < -0.4 is 19.9 Å². The van der Waals surface area contributed by atoms with Crippen molar-refractivity contribution < 1.29 is 18.7 Å². The number of fused-ring (bicyclic) bond motifs is 1. The molecule has 7 heteroatoms. The first-order valence-corrected chi connectivity index (χ1v) is 8.80. The Morgan fingerprint density at radius 1 is 1.16 bits per heavy atom. The zero-order chi connectivity index (χ0) is 17.4. The molecule has 6 nitrogen and oxygen atoms in total. The maximum absolute atomic E-state index is 6.12. The van der Waals surface area contributed by atoms with Crippen molar-refractivity contribution >= 4 is 17.4 Å². The fourth-order valence-electron chi connectivity index (χ4n) is 2.82. The predicted octanol–water partition coefficient (Wildman–Crippen LogP) is 4.05. The van der Waals surface area contributed by atoms with Gasteiger partial charge in [0.05, 0.1) is 13.3 Å². The van der Waals surface area contributed by atoms with Crippen molar-refractivity contribution in [2.24, 2.45) is 0 Å². The number of aromatic nitrogens is 1. The number of rotatable bonds is 4. The second-order valence-corrected chi connectivity index (χ2v) is 6.29. The molecule has 0 saturated carbocycles. The highest BCUT2D eigenvalue weighted by atomic mass is 32.2. The number of nitrogens with zero attached hydrogens (tertiary/aromatic N) is 1. The van der Waals surface area contributed by atoms with E-state index in [-0.39, 0.29) is 6.79 Å². The molecule has 2 heterocycles. The number of hydrogen-bond acceptors (Lipinski definition) is 7. The van der Waals surface area contributed by atoms with Gasteiger partial charge in [-0.1, -0.05) is 11.2 Å². The van der Waals surface area contributed by atoms with Gasteiger partial charge >= 0.3 is 0 Å². The van der Waals surface area contributed by atoms with Gasteiger partial charge in [0, 0.05) is 21.7 Å². The van der Waals surface area contributed by atoms with E-state index in [1.807, 2.05) is 36.6 Å². The summed E-state index contributed by atoms with van der Waals surface area (Å²) in [4.78, 5) is 1.03. The molecule has 0 radical (unpaired) electrons. The number of ether oxygens (including phenoxy) is 3. The summed E-state index contributed by atoms with van der Waals surface area (Å²) in [6.45, 7) is 0.172. The van der Waals surface area contributed by atoms with E-state index in [9.17, 15) is 0 Å². The average molecular weight is 356 g/mol. The summed E-state index contributed by atoms with van der Waals surface area (Å²) in [7, 11) is 1.59. The molecule has 25 heavy (non-hydrogen) atoms. The number of nitrogens with two attached hydrogens (primary N) is 1. The zero-order valence-corrected chi connectivity index (χ0v) is 14.6. The molecule has 3 aromatic rings. The van der Waals surface area contributed by atoms with Crippen molar-refractivity contribution in [3.05, 3.63) is 36.5 Å². The Hall–Kier alpha value is -2.80. The highest BCUT2D eigenvalue weighted by Crippen LogP contribution is 2.46. The molecular weight excluding hydrogens is 340 g/mol. The molecule has 0 unspecified atom stereocenters. The first kappa shape index (κ1) is 15.7. The molecule has 1 aliphatic heterocycles. The van der Waals surface area contributed by atoms with Gasteiger partial charge in [0.1, 0.15) is 0 Å². The number of hydrogen-bond donors (Lipinski definition) is 1. The summed E-state index contributed by atoms with van der Waals surface area (Å²) < 4.78 is 21.8. The van der Waals surface area contributed by atoms with Crippen LogP contribution in [0.4, 0.5) is 5.69 Å². The number of methoxy groups -OCH3 is 1. The van der Waals surface area contributed by atoms with Gasteiger partial charge < -0.3 is 24.5 Å². The Morgan fingerprint density at radius 3 is 2.80 bits per heavy atom. The fourth-order valence-corrected chi connectivity index (χ4v) is 3.31. The highest BCUT2D eigenvalue weighted by Gasteiger charge is 2.23. The van der Waals surface area contributed by atoms with Crippen LogP contribution in [0.1, 0.15) is 0 Å². The summed E-state index contributed by atoms with van der Waals surface area (Å²) in [6.07, 6.45) is 3.68. The number of nitrogen functional groups attached to an aromatic ring is 1. The predicted molar refractivity (Wildman–Crippen MR) is 96.2 cm³/mol. The van der Waals surface area contributed by atoms with Crippen molar-refractivity contribution in [1.29, 1.82) is 0 Å². The van der Waals surface area contributed by atoms with E-state index in [0.717, 1.165) is 27.3 Å². The average Bonchev–Trinajstić information content (AvgIpc) is 3.29. The Balaban J connectivity index is 1.82. The molecule has 0 amide bonds. The van der Waals surface area contributed by atoms with Crippen LogP contribution in [0.3, 0.4) is 0 Å². The van der Waals surface area contributed by atoms with Gasteiger partial charge in [-0.15, -0.1) is 11.8 Å². The minimum absolute atomic E-state index is 0.172. The lowest BCUT2D eigenvalue weighted by Gasteiger charge is -2.09. The Labute approximate surface area is 148 Å². The molecule has 0 atom stereocenters. The quantitative estimate of drug-likeness (QED) is 0.558. The third kappa shape index (κ3) is 2.66. The minimum Gasteiger partial charge on any atom is -0.493 e. The van der Waals surface area contributed by atoms with E-state index < -0.39 is 0 Å². The number of thioether (sulfide) groups is 1. The van der Waals surface area contributed by atoms with Crippen LogP contribution >= 0.6 is 11.8 Å². The molecule has 0 aliphatic carbocycles. The van der Waals surface area contributed by atoms with Gasteiger partial charge in [0.2, 0.25) is 12.5 Å². The monoisotopic (exact) mass is 356 g/mol. The summed E-state index contributed by atoms with van der Waals surface area (Å²) in [5, 5.41) is 3.96. The van der Waals surface area contributed by atoms with Gasteiger partial charge in [0.25, 0.3) is 0 Å². The van der Waals surface area contributed by atoms with E-state index in [1.54, 1.807) is 25.1 Å². The number of benzene rings is 2. The van der Waals surface area contributed by atoms with Gasteiger partial charge in [-0.2, -0.15) is 0 Å². The van der Waals surface area contributed by atoms with Crippen LogP contribution in [0, 0.1) is 0 Å². The molecule has 2 aromatic carbocycles. The van der Waals surface area contributed by atoms with Gasteiger partial charge in [-0.05, 0) is 36.1 Å². The maximum atomic E-state index is 6.12. The third-order valence-corrected chi connectivity index (χ3v) is 4.84. The third-order valence-electron chi connectivity index (χ3n) is 4.03. The summed E-state index contributed by atoms with van der Waals surface area (Å²) in [6, 6.07) is 9.62. The first-order valence-electron chi connectivity index (χ1n) is 7.58. The normalized spacial score (nSPS) is 12.4. The van der Waals surface area contributed by atoms with Crippen molar-refractivity contribution in [2.45, 2.75) is 4.90 Å². The van der Waals surface area contributed by atoms with E-state index in [4.69, 9.17) is 24.5 Å². The van der Waals surface area contributed by atoms with Gasteiger partial charge in [-0.3, -0.25) is 0 Å². The SMILES string of the molecule is COc1cc(-c2oncc2-c2ccc(SC)c(N)c2)cc2c1OCO2. The van der Waals surface area contributed by atoms with Gasteiger partial charge in [-0.25, -0.2) is 0 Å². The van der Waals surface area contributed by atoms with Crippen LogP contribution in [-0.2, 0) is 0 Å². The molecule has 0 bridgehead atoms. The standard InChI is InChI=1S/C18H16N2O4S/c1-21-14-6-11(7-15-18(14)23-9-22-15)17-12(8-20-24-17)10-3-4-16(25-2)13(19)5-10/h3-8H,9,19H2,1-2H3. The Morgan fingerprint density at radius 2 is 2.04 bits per heavy atom. The molecule has 0 spiro atoms. The Bertz CT molecular complexity index is 939. The second kappa shape index (κ2) is 6.25. The summed E-state index contributed by atoms with van der Waals surface area (Å²) >= 11 is 1.61. The Kier molecular flexibility index (Phi) is 3.93. The van der Waals surface area contributed by atoms with E-state index >= 15 is 0 Å². The van der Waals surface area contributed by atoms with Crippen LogP contribution in [-0.4, -0.2) is 25.3 Å². The van der Waals surface area contributed by atoms with E-state index in [2.05, 4.69) is 5.16 Å². The van der Waals surface area contributed by atoms with E-state index in [0.29, 0.717) is 23.0 Å². The smallest absolute Gasteiger partial charge is 0.231 e. The lowest BCUT2D eigenvalue weighted by molar-refractivity contribution is 0.171. The summed E-state index contributed by atoms with van der Waals surface area (Å²) in [5.41, 5.74) is 9.41. The van der Waals surface area contributed by atoms with Crippen LogP contribution in [0.25, 0.3) is 22.5 Å². The van der Waals surface area contributed by atoms with Crippen LogP contribution in [0.5, 0.6) is 17.2 Å². The van der Waals surface area contributed by atoms with Crippen LogP contribution in [0.15, 0.2) is 45.9 Å². The maximum Gasteiger partial charge on any atom is 0.231 e. The molecule has 2 N–H and O–H groups in total. The topological polar surface area (TPSA) is 79.7 Å². The van der Waals surface area contributed by atoms with Crippen molar-refractivity contribution in [3.63, 3.8) is 0 Å². The second-order valence-electron chi connectivity index (χ2n) is 5.44. The molecule has 1 aromatic heterocycles. The highest BCUT2D eigenvalue weighted by molar-refractivity contribution is 7.98. The first-order chi connectivity index (χ1) is 12.2. The lowest BCUT2D eigenvalue weighted by Crippen LogP contribution is -1.93. The van der Waals surface area contributed by atoms with Crippen molar-refractivity contribution in [2.75, 3.05) is 25.9 Å². The molecule has 0 saturated heterocycles. The molecule has 0 fully saturated rings. The summed E-state index contributed by atoms with van der Waals surface area (Å²) in [5.74, 6) is 2.42. The van der Waals surface area contributed by atoms with Crippen LogP contribution in [0.2, 0.25) is 0 Å². The number of anilines is 1. The van der Waals surface area contributed by atoms with Gasteiger partial charge in [0.15, 0.2) is 17.3 Å². The molecular formula is C18H16N2O4S. The molecule has 1 aliphatic rings. The molecule has 4 rings (SSSR count). The van der Waals surface area contributed by atoms with Crippen molar-refractivity contribution in [1.82, 2.24) is 5.16 Å².